The highest BCUT2D eigenvalue weighted by Crippen LogP contribution is 2.38. The second kappa shape index (κ2) is 9.87. The summed E-state index contributed by atoms with van der Waals surface area (Å²) in [4.78, 5) is 45.0. The summed E-state index contributed by atoms with van der Waals surface area (Å²) >= 11 is 1.60. The third kappa shape index (κ3) is 5.35. The van der Waals surface area contributed by atoms with Gasteiger partial charge in [0.2, 0.25) is 5.91 Å². The van der Waals surface area contributed by atoms with E-state index in [1.54, 1.807) is 56.4 Å². The highest BCUT2D eigenvalue weighted by Gasteiger charge is 2.33. The number of aromatic nitrogens is 1. The molecule has 4 rings (SSSR count). The fourth-order valence-electron chi connectivity index (χ4n) is 3.83. The van der Waals surface area contributed by atoms with E-state index >= 15 is 0 Å². The Labute approximate surface area is 207 Å². The number of nitrogens with zero attached hydrogens (tertiary/aromatic N) is 2. The Morgan fingerprint density at radius 2 is 1.89 bits per heavy atom. The summed E-state index contributed by atoms with van der Waals surface area (Å²) in [5.74, 6) is -0.570. The lowest BCUT2D eigenvalue weighted by Gasteiger charge is -2.33. The molecule has 1 aromatic heterocycles. The van der Waals surface area contributed by atoms with Crippen molar-refractivity contribution in [3.05, 3.63) is 57.9 Å². The molecule has 0 saturated heterocycles. The van der Waals surface area contributed by atoms with Crippen LogP contribution in [0.3, 0.4) is 0 Å². The molecule has 9 heteroatoms. The minimum Gasteiger partial charge on any atom is -0.479 e. The highest BCUT2D eigenvalue weighted by molar-refractivity contribution is 7.11. The van der Waals surface area contributed by atoms with Gasteiger partial charge < -0.3 is 14.8 Å². The Kier molecular flexibility index (Phi) is 6.88. The van der Waals surface area contributed by atoms with E-state index in [2.05, 4.69) is 10.3 Å². The van der Waals surface area contributed by atoms with Crippen LogP contribution in [0.15, 0.2) is 42.5 Å². The summed E-state index contributed by atoms with van der Waals surface area (Å²) in [6.45, 7) is 8.98. The quantitative estimate of drug-likeness (QED) is 0.498. The monoisotopic (exact) mass is 493 g/mol. The van der Waals surface area contributed by atoms with Gasteiger partial charge in [-0.25, -0.2) is 9.78 Å². The number of thiazole rings is 1. The molecular weight excluding hydrogens is 466 g/mol. The van der Waals surface area contributed by atoms with E-state index in [4.69, 9.17) is 9.47 Å². The molecule has 0 bridgehead atoms. The molecule has 1 aliphatic rings. The fourth-order valence-corrected chi connectivity index (χ4v) is 4.67. The van der Waals surface area contributed by atoms with Crippen LogP contribution in [0.4, 0.5) is 11.4 Å². The number of aryl methyl sites for hydroxylation is 2. The first-order chi connectivity index (χ1) is 16.6. The Morgan fingerprint density at radius 3 is 2.51 bits per heavy atom. The first-order valence-electron chi connectivity index (χ1n) is 11.3. The van der Waals surface area contributed by atoms with Crippen molar-refractivity contribution in [3.8, 4) is 17.0 Å². The average Bonchev–Trinajstić information content (AvgIpc) is 3.14. The number of esters is 1. The van der Waals surface area contributed by atoms with Crippen molar-refractivity contribution in [2.24, 2.45) is 0 Å². The van der Waals surface area contributed by atoms with Crippen molar-refractivity contribution in [1.29, 1.82) is 0 Å². The molecule has 1 atom stereocenters. The normalized spacial score (nSPS) is 15.0. The number of nitrogens with one attached hydrogen (secondary N) is 1. The average molecular weight is 494 g/mol. The van der Waals surface area contributed by atoms with Crippen molar-refractivity contribution in [2.45, 2.75) is 46.8 Å². The van der Waals surface area contributed by atoms with Crippen LogP contribution in [0.1, 0.15) is 41.0 Å². The predicted molar refractivity (Wildman–Crippen MR) is 135 cm³/mol. The third-order valence-electron chi connectivity index (χ3n) is 5.39. The van der Waals surface area contributed by atoms with Crippen LogP contribution in [0.25, 0.3) is 11.3 Å². The van der Waals surface area contributed by atoms with Crippen molar-refractivity contribution in [2.75, 3.05) is 16.8 Å². The number of anilines is 2. The van der Waals surface area contributed by atoms with Crippen molar-refractivity contribution in [3.63, 3.8) is 0 Å². The zero-order chi connectivity index (χ0) is 25.3. The molecular formula is C26H27N3O5S. The molecule has 0 aliphatic carbocycles. The van der Waals surface area contributed by atoms with Crippen LogP contribution in [0, 0.1) is 13.8 Å². The summed E-state index contributed by atoms with van der Waals surface area (Å²) in [7, 11) is 0. The van der Waals surface area contributed by atoms with E-state index in [-0.39, 0.29) is 24.5 Å². The minimum atomic E-state index is -0.712. The van der Waals surface area contributed by atoms with E-state index in [1.807, 2.05) is 32.0 Å². The van der Waals surface area contributed by atoms with Crippen molar-refractivity contribution < 1.29 is 23.9 Å². The Morgan fingerprint density at radius 1 is 1.17 bits per heavy atom. The number of hydrogen-bond donors (Lipinski definition) is 1. The van der Waals surface area contributed by atoms with Crippen molar-refractivity contribution in [1.82, 2.24) is 4.98 Å². The summed E-state index contributed by atoms with van der Waals surface area (Å²) in [6, 6.07) is 12.0. The second-order valence-corrected chi connectivity index (χ2v) is 9.99. The summed E-state index contributed by atoms with van der Waals surface area (Å²) in [5.41, 5.74) is 3.13. The SMILES string of the molecule is Cc1nc(-c2ccc3c(c2)N(CC(=O)Nc2ccc(C(=O)OC(C)C)cc2)C(=O)C(C)O3)c(C)s1. The highest BCUT2D eigenvalue weighted by atomic mass is 32.1. The van der Waals surface area contributed by atoms with Gasteiger partial charge in [-0.2, -0.15) is 0 Å². The van der Waals surface area contributed by atoms with Crippen LogP contribution in [-0.2, 0) is 14.3 Å². The molecule has 1 N–H and O–H groups in total. The summed E-state index contributed by atoms with van der Waals surface area (Å²) in [5, 5.41) is 3.74. The first-order valence-corrected chi connectivity index (χ1v) is 12.1. The number of amides is 2. The third-order valence-corrected chi connectivity index (χ3v) is 6.28. The van der Waals surface area contributed by atoms with Crippen LogP contribution < -0.4 is 15.0 Å². The van der Waals surface area contributed by atoms with Gasteiger partial charge in [-0.1, -0.05) is 0 Å². The summed E-state index contributed by atoms with van der Waals surface area (Å²) in [6.07, 6.45) is -0.933. The number of carbonyl (C=O) groups excluding carboxylic acids is 3. The molecule has 8 nitrogen and oxygen atoms in total. The predicted octanol–water partition coefficient (Wildman–Crippen LogP) is 4.74. The number of benzene rings is 2. The Bertz CT molecular complexity index is 1280. The van der Waals surface area contributed by atoms with Gasteiger partial charge >= 0.3 is 5.97 Å². The number of hydrogen-bond acceptors (Lipinski definition) is 7. The van der Waals surface area contributed by atoms with E-state index in [0.29, 0.717) is 22.7 Å². The van der Waals surface area contributed by atoms with Gasteiger partial charge in [0, 0.05) is 16.1 Å². The van der Waals surface area contributed by atoms with Crippen LogP contribution in [-0.4, -0.2) is 41.5 Å². The number of rotatable bonds is 6. The van der Waals surface area contributed by atoms with E-state index in [0.717, 1.165) is 21.1 Å². The van der Waals surface area contributed by atoms with E-state index in [1.165, 1.54) is 4.90 Å². The van der Waals surface area contributed by atoms with Gasteiger partial charge in [0.05, 0.1) is 28.1 Å². The molecule has 0 spiro atoms. The van der Waals surface area contributed by atoms with Crippen molar-refractivity contribution >= 4 is 40.5 Å². The topological polar surface area (TPSA) is 97.8 Å². The minimum absolute atomic E-state index is 0.185. The zero-order valence-electron chi connectivity index (χ0n) is 20.2. The molecule has 2 heterocycles. The van der Waals surface area contributed by atoms with Crippen LogP contribution in [0.5, 0.6) is 5.75 Å². The lowest BCUT2D eigenvalue weighted by atomic mass is 10.1. The number of carbonyl (C=O) groups is 3. The van der Waals surface area contributed by atoms with Gasteiger partial charge in [0.25, 0.3) is 5.91 Å². The molecule has 0 saturated carbocycles. The Balaban J connectivity index is 1.53. The smallest absolute Gasteiger partial charge is 0.338 e. The maximum atomic E-state index is 13.0. The molecule has 35 heavy (non-hydrogen) atoms. The molecule has 1 unspecified atom stereocenters. The fraction of sp³-hybridized carbons (Fsp3) is 0.308. The van der Waals surface area contributed by atoms with Gasteiger partial charge in [-0.3, -0.25) is 14.5 Å². The molecule has 2 amide bonds. The van der Waals surface area contributed by atoms with Gasteiger partial charge in [0.1, 0.15) is 12.3 Å². The van der Waals surface area contributed by atoms with Gasteiger partial charge in [-0.15, -0.1) is 11.3 Å². The molecule has 1 aliphatic heterocycles. The summed E-state index contributed by atoms with van der Waals surface area (Å²) < 4.78 is 11.0. The van der Waals surface area contributed by atoms with Gasteiger partial charge in [-0.05, 0) is 77.1 Å². The molecule has 3 aromatic rings. The maximum absolute atomic E-state index is 13.0. The molecule has 0 fully saturated rings. The lowest BCUT2D eigenvalue weighted by Crippen LogP contribution is -2.47. The van der Waals surface area contributed by atoms with Crippen LogP contribution in [0.2, 0.25) is 0 Å². The number of fused-ring (bicyclic) bond motifs is 1. The lowest BCUT2D eigenvalue weighted by molar-refractivity contribution is -0.127. The largest absolute Gasteiger partial charge is 0.479 e. The standard InChI is InChI=1S/C26H27N3O5S/c1-14(2)33-26(32)18-6-9-20(10-7-18)28-23(30)13-29-21-12-19(24-16(4)35-17(5)27-24)8-11-22(21)34-15(3)25(29)31/h6-12,14-15H,13H2,1-5H3,(H,28,30). The van der Waals surface area contributed by atoms with Crippen LogP contribution >= 0.6 is 11.3 Å². The molecule has 182 valence electrons. The molecule has 0 radical (unpaired) electrons. The maximum Gasteiger partial charge on any atom is 0.338 e. The van der Waals surface area contributed by atoms with E-state index < -0.39 is 12.1 Å². The second-order valence-electron chi connectivity index (χ2n) is 8.58. The number of ether oxygens (including phenoxy) is 2. The zero-order valence-corrected chi connectivity index (χ0v) is 21.1. The molecule has 2 aromatic carbocycles. The Hall–Kier alpha value is -3.72. The van der Waals surface area contributed by atoms with E-state index in [9.17, 15) is 14.4 Å². The first kappa shape index (κ1) is 24.4. The van der Waals surface area contributed by atoms with Gasteiger partial charge in [0.15, 0.2) is 6.10 Å².